The standard InChI is InChI=1S/C72H61N4O.Pt/c1-70(2,3)49-35-36-73-67(42-49)76-64-31-18-17-29-59(64)60-34-33-54(44-66(60)76)77-53-24-19-23-52(43-53)74-45-75-68-62(48-37-47(46-21-11-10-12-22-46)38-50(39-48)71(4,5)6)40-51(72(7,8)9)41-63(68)58-28-16-14-26-56(58)55-25-13-15-27-57(55)61-30-20-32-65(74)69(61)75;/h10-42,45H,1-9H3;/q-3;/i10D,11D,12D,21D,22D;. The second kappa shape index (κ2) is 19.1. The monoisotopic (exact) mass is 1200 g/mol. The average molecular weight is 1200 g/mol. The molecule has 3 aromatic heterocycles. The van der Waals surface area contributed by atoms with Crippen LogP contribution in [0.2, 0.25) is 0 Å². The zero-order chi connectivity index (χ0) is 57.3. The van der Waals surface area contributed by atoms with Gasteiger partial charge in [-0.1, -0.05) is 207 Å². The number of ether oxygens (including phenoxy) is 1. The number of rotatable bonds is 6. The molecule has 13 rings (SSSR count). The van der Waals surface area contributed by atoms with Crippen molar-refractivity contribution in [2.75, 3.05) is 4.90 Å². The number of aromatic nitrogens is 3. The number of benzene rings is 9. The first-order valence-corrected chi connectivity index (χ1v) is 26.4. The normalized spacial score (nSPS) is 13.6. The molecule has 388 valence electrons. The maximum atomic E-state index is 9.21. The fourth-order valence-electron chi connectivity index (χ4n) is 11.1. The summed E-state index contributed by atoms with van der Waals surface area (Å²) in [6, 6.07) is 63.1. The summed E-state index contributed by atoms with van der Waals surface area (Å²) < 4.78 is 55.7. The summed E-state index contributed by atoms with van der Waals surface area (Å²) in [5, 5.41) is 8.55. The first-order valence-electron chi connectivity index (χ1n) is 28.9. The molecule has 5 nitrogen and oxygen atoms in total. The van der Waals surface area contributed by atoms with Gasteiger partial charge in [-0.25, -0.2) is 4.98 Å². The smallest absolute Gasteiger partial charge is 0.135 e. The number of fused-ring (bicyclic) bond motifs is 10. The van der Waals surface area contributed by atoms with Crippen LogP contribution in [0.1, 0.15) is 85.9 Å². The van der Waals surface area contributed by atoms with Gasteiger partial charge in [-0.2, -0.15) is 12.1 Å². The molecule has 0 spiro atoms. The van der Waals surface area contributed by atoms with Crippen molar-refractivity contribution in [3.8, 4) is 39.6 Å². The third-order valence-corrected chi connectivity index (χ3v) is 15.2. The summed E-state index contributed by atoms with van der Waals surface area (Å²) in [6.45, 7) is 22.0. The first-order chi connectivity index (χ1) is 39.1. The van der Waals surface area contributed by atoms with Crippen molar-refractivity contribution < 1.29 is 32.7 Å². The van der Waals surface area contributed by atoms with E-state index in [1.54, 1.807) is 0 Å². The van der Waals surface area contributed by atoms with E-state index in [0.29, 0.717) is 17.1 Å². The number of hydrogen-bond acceptors (Lipinski definition) is 3. The molecule has 1 aliphatic heterocycles. The molecule has 0 unspecified atom stereocenters. The predicted molar refractivity (Wildman–Crippen MR) is 324 cm³/mol. The maximum Gasteiger partial charge on any atom is 0.135 e. The minimum Gasteiger partial charge on any atom is -0.509 e. The topological polar surface area (TPSA) is 35.2 Å². The van der Waals surface area contributed by atoms with E-state index in [9.17, 15) is 2.74 Å². The molecule has 0 atom stereocenters. The molecular weight excluding hydrogens is 1130 g/mol. The van der Waals surface area contributed by atoms with Crippen LogP contribution in [0.15, 0.2) is 200 Å². The Morgan fingerprint density at radius 2 is 1.09 bits per heavy atom. The summed E-state index contributed by atoms with van der Waals surface area (Å²) in [4.78, 5) is 7.08. The van der Waals surface area contributed by atoms with E-state index in [2.05, 4.69) is 229 Å². The van der Waals surface area contributed by atoms with Crippen molar-refractivity contribution in [1.82, 2.24) is 14.1 Å². The Bertz CT molecular complexity index is 4700. The Labute approximate surface area is 479 Å². The van der Waals surface area contributed by atoms with Crippen LogP contribution in [0.5, 0.6) is 11.5 Å². The fraction of sp³-hybridized carbons (Fsp3) is 0.167. The molecule has 0 N–H and O–H groups in total. The summed E-state index contributed by atoms with van der Waals surface area (Å²) in [5.41, 5.74) is 10.5. The summed E-state index contributed by atoms with van der Waals surface area (Å²) in [7, 11) is 0. The fourth-order valence-corrected chi connectivity index (χ4v) is 11.1. The van der Waals surface area contributed by atoms with Crippen LogP contribution < -0.4 is 9.64 Å². The van der Waals surface area contributed by atoms with Crippen molar-refractivity contribution in [2.45, 2.75) is 78.6 Å². The Morgan fingerprint density at radius 3 is 1.79 bits per heavy atom. The first kappa shape index (κ1) is 45.0. The molecule has 0 saturated carbocycles. The minimum absolute atomic E-state index is 0. The number of para-hydroxylation sites is 2. The molecule has 4 heterocycles. The Kier molecular flexibility index (Phi) is 11.0. The quantitative estimate of drug-likeness (QED) is 0.156. The van der Waals surface area contributed by atoms with Crippen LogP contribution in [0.3, 0.4) is 0 Å². The van der Waals surface area contributed by atoms with E-state index >= 15 is 0 Å². The van der Waals surface area contributed by atoms with E-state index in [1.807, 2.05) is 36.5 Å². The summed E-state index contributed by atoms with van der Waals surface area (Å²) in [5.74, 6) is 1.87. The number of pyridine rings is 1. The van der Waals surface area contributed by atoms with Crippen LogP contribution in [-0.2, 0) is 37.3 Å². The number of anilines is 2. The van der Waals surface area contributed by atoms with E-state index in [0.717, 1.165) is 105 Å². The van der Waals surface area contributed by atoms with Crippen LogP contribution in [0, 0.1) is 18.8 Å². The van der Waals surface area contributed by atoms with E-state index in [1.165, 1.54) is 5.56 Å². The van der Waals surface area contributed by atoms with Crippen molar-refractivity contribution in [2.24, 2.45) is 0 Å². The molecule has 78 heavy (non-hydrogen) atoms. The van der Waals surface area contributed by atoms with Gasteiger partial charge in [-0.15, -0.1) is 35.7 Å². The third-order valence-electron chi connectivity index (χ3n) is 15.2. The molecule has 0 aliphatic carbocycles. The molecule has 12 aromatic rings. The van der Waals surface area contributed by atoms with Crippen LogP contribution in [0.25, 0.3) is 93.2 Å². The Balaban J connectivity index is 0.00000680. The Hall–Kier alpha value is -8.11. The summed E-state index contributed by atoms with van der Waals surface area (Å²) in [6.07, 6.45) is 1.88. The van der Waals surface area contributed by atoms with Gasteiger partial charge in [0.25, 0.3) is 0 Å². The number of nitrogens with zero attached hydrogens (tertiary/aromatic N) is 4. The average Bonchev–Trinajstić information content (AvgIpc) is 2.11. The third kappa shape index (κ3) is 8.79. The molecule has 9 aromatic carbocycles. The van der Waals surface area contributed by atoms with Gasteiger partial charge in [0.15, 0.2) is 0 Å². The Morgan fingerprint density at radius 1 is 0.487 bits per heavy atom. The van der Waals surface area contributed by atoms with Gasteiger partial charge < -0.3 is 18.8 Å². The van der Waals surface area contributed by atoms with Crippen molar-refractivity contribution in [1.29, 1.82) is 0 Å². The van der Waals surface area contributed by atoms with Gasteiger partial charge in [0, 0.05) is 50.0 Å². The molecular formula is C72H61N4OPt-3. The van der Waals surface area contributed by atoms with Gasteiger partial charge in [0.1, 0.15) is 5.82 Å². The molecule has 0 radical (unpaired) electrons. The predicted octanol–water partition coefficient (Wildman–Crippen LogP) is 19.5. The molecule has 6 heteroatoms. The van der Waals surface area contributed by atoms with Crippen LogP contribution in [0.4, 0.5) is 11.4 Å². The molecule has 0 amide bonds. The molecule has 0 bridgehead atoms. The zero-order valence-electron chi connectivity index (χ0n) is 50.3. The largest absolute Gasteiger partial charge is 0.509 e. The SMILES string of the molecule is [2H]c1c([2H])c([2H])c(-c2cc(-c3cc(C(C)(C)C)cc4c5ccccc5c5ccccc5c5cccc6c5n(c34)[CH-]N6c3[c-]c(Oc4[c-]c5c(cc4)c4ccccc4n5-c4cc(C(C)(C)C)ccn4)ccc3)cc(C(C)(C)C)c2)c([2H])c1[2H].[Pt]. The van der Waals surface area contributed by atoms with Gasteiger partial charge in [-0.05, 0) is 141 Å². The van der Waals surface area contributed by atoms with Crippen molar-refractivity contribution >= 4 is 76.5 Å². The van der Waals surface area contributed by atoms with Gasteiger partial charge >= 0.3 is 0 Å². The van der Waals surface area contributed by atoms with E-state index in [-0.39, 0.29) is 61.6 Å². The van der Waals surface area contributed by atoms with Gasteiger partial charge in [-0.3, -0.25) is 0 Å². The second-order valence-electron chi connectivity index (χ2n) is 23.4. The number of hydrogen-bond donors (Lipinski definition) is 0. The van der Waals surface area contributed by atoms with Crippen LogP contribution in [-0.4, -0.2) is 14.1 Å². The van der Waals surface area contributed by atoms with E-state index < -0.39 is 11.5 Å². The van der Waals surface area contributed by atoms with Gasteiger partial charge in [0.05, 0.1) is 6.85 Å². The minimum atomic E-state index is -0.422. The van der Waals surface area contributed by atoms with Crippen molar-refractivity contribution in [3.63, 3.8) is 0 Å². The zero-order valence-corrected chi connectivity index (χ0v) is 47.5. The van der Waals surface area contributed by atoms with Crippen LogP contribution >= 0.6 is 0 Å². The molecule has 1 aliphatic rings. The van der Waals surface area contributed by atoms with Gasteiger partial charge in [0.2, 0.25) is 0 Å². The summed E-state index contributed by atoms with van der Waals surface area (Å²) >= 11 is 0. The molecule has 0 fully saturated rings. The second-order valence-corrected chi connectivity index (χ2v) is 23.4. The van der Waals surface area contributed by atoms with E-state index in [4.69, 9.17) is 13.8 Å². The molecule has 0 saturated heterocycles. The van der Waals surface area contributed by atoms with Crippen molar-refractivity contribution in [3.05, 3.63) is 236 Å². The maximum absolute atomic E-state index is 9.21.